The molecule has 0 bridgehead atoms. The SMILES string of the molecule is O=C(OCc1ccccc1)c1cccc2c1Cc1ccccc1N2. The fourth-order valence-corrected chi connectivity index (χ4v) is 3.02. The van der Waals surface area contributed by atoms with Crippen molar-refractivity contribution in [2.45, 2.75) is 13.0 Å². The number of hydrogen-bond acceptors (Lipinski definition) is 3. The molecule has 1 aliphatic rings. The van der Waals surface area contributed by atoms with E-state index in [1.165, 1.54) is 5.56 Å². The Labute approximate surface area is 140 Å². The number of anilines is 2. The van der Waals surface area contributed by atoms with Crippen LogP contribution in [0.1, 0.15) is 27.0 Å². The van der Waals surface area contributed by atoms with Gasteiger partial charge in [0, 0.05) is 17.8 Å². The highest BCUT2D eigenvalue weighted by atomic mass is 16.5. The Bertz CT molecular complexity index is 887. The summed E-state index contributed by atoms with van der Waals surface area (Å²) in [4.78, 5) is 12.6. The summed E-state index contributed by atoms with van der Waals surface area (Å²) in [6.07, 6.45) is 0.731. The highest BCUT2D eigenvalue weighted by Gasteiger charge is 2.21. The minimum absolute atomic E-state index is 0.281. The quantitative estimate of drug-likeness (QED) is 0.557. The zero-order valence-corrected chi connectivity index (χ0v) is 13.2. The maximum atomic E-state index is 12.6. The molecule has 0 aliphatic carbocycles. The Morgan fingerprint density at radius 1 is 0.875 bits per heavy atom. The molecule has 0 saturated carbocycles. The number of carbonyl (C=O) groups excluding carboxylic acids is 1. The highest BCUT2D eigenvalue weighted by molar-refractivity contribution is 5.94. The molecule has 3 aromatic rings. The summed E-state index contributed by atoms with van der Waals surface area (Å²) in [5, 5.41) is 3.40. The van der Waals surface area contributed by atoms with E-state index in [0.717, 1.165) is 28.9 Å². The minimum Gasteiger partial charge on any atom is -0.457 e. The van der Waals surface area contributed by atoms with Gasteiger partial charge in [0.05, 0.1) is 5.56 Å². The third-order valence-corrected chi connectivity index (χ3v) is 4.26. The van der Waals surface area contributed by atoms with Crippen molar-refractivity contribution in [3.63, 3.8) is 0 Å². The van der Waals surface area contributed by atoms with Crippen molar-refractivity contribution in [1.82, 2.24) is 0 Å². The molecule has 0 saturated heterocycles. The Hall–Kier alpha value is -3.07. The predicted molar refractivity (Wildman–Crippen MR) is 94.5 cm³/mol. The van der Waals surface area contributed by atoms with Gasteiger partial charge in [0.1, 0.15) is 6.61 Å². The van der Waals surface area contributed by atoms with Crippen molar-refractivity contribution in [2.24, 2.45) is 0 Å². The van der Waals surface area contributed by atoms with E-state index in [1.807, 2.05) is 60.7 Å². The molecule has 1 aliphatic heterocycles. The van der Waals surface area contributed by atoms with Crippen LogP contribution in [0.4, 0.5) is 11.4 Å². The third-order valence-electron chi connectivity index (χ3n) is 4.26. The van der Waals surface area contributed by atoms with Crippen LogP contribution in [0.15, 0.2) is 72.8 Å². The molecular formula is C21H17NO2. The minimum atomic E-state index is -0.281. The molecule has 0 unspecified atom stereocenters. The van der Waals surface area contributed by atoms with Gasteiger partial charge in [-0.1, -0.05) is 54.6 Å². The van der Waals surface area contributed by atoms with Crippen LogP contribution in [-0.4, -0.2) is 5.97 Å². The molecule has 24 heavy (non-hydrogen) atoms. The molecule has 4 rings (SSSR count). The first-order valence-electron chi connectivity index (χ1n) is 7.99. The molecule has 0 amide bonds. The van der Waals surface area contributed by atoms with E-state index >= 15 is 0 Å². The van der Waals surface area contributed by atoms with E-state index in [0.29, 0.717) is 5.56 Å². The average Bonchev–Trinajstić information content (AvgIpc) is 2.64. The maximum absolute atomic E-state index is 12.6. The first-order chi connectivity index (χ1) is 11.8. The van der Waals surface area contributed by atoms with Gasteiger partial charge in [-0.3, -0.25) is 0 Å². The number of ether oxygens (including phenoxy) is 1. The number of nitrogens with one attached hydrogen (secondary N) is 1. The lowest BCUT2D eigenvalue weighted by Gasteiger charge is -2.23. The van der Waals surface area contributed by atoms with Crippen molar-refractivity contribution < 1.29 is 9.53 Å². The van der Waals surface area contributed by atoms with Gasteiger partial charge in [0.25, 0.3) is 0 Å². The molecular weight excluding hydrogens is 298 g/mol. The van der Waals surface area contributed by atoms with Crippen LogP contribution >= 0.6 is 0 Å². The fourth-order valence-electron chi connectivity index (χ4n) is 3.02. The smallest absolute Gasteiger partial charge is 0.338 e. The number of benzene rings is 3. The van der Waals surface area contributed by atoms with Gasteiger partial charge in [-0.2, -0.15) is 0 Å². The largest absolute Gasteiger partial charge is 0.457 e. The highest BCUT2D eigenvalue weighted by Crippen LogP contribution is 2.34. The van der Waals surface area contributed by atoms with E-state index in [4.69, 9.17) is 4.74 Å². The first kappa shape index (κ1) is 14.5. The van der Waals surface area contributed by atoms with Crippen molar-refractivity contribution in [3.8, 4) is 0 Å². The second-order valence-electron chi connectivity index (χ2n) is 5.85. The summed E-state index contributed by atoms with van der Waals surface area (Å²) in [5.41, 5.74) is 5.87. The number of rotatable bonds is 3. The monoisotopic (exact) mass is 315 g/mol. The molecule has 0 fully saturated rings. The van der Waals surface area contributed by atoms with Crippen molar-refractivity contribution in [1.29, 1.82) is 0 Å². The predicted octanol–water partition coefficient (Wildman–Crippen LogP) is 4.69. The summed E-state index contributed by atoms with van der Waals surface area (Å²) < 4.78 is 5.50. The van der Waals surface area contributed by atoms with Gasteiger partial charge in [-0.15, -0.1) is 0 Å². The standard InChI is InChI=1S/C21H17NO2/c23-21(24-14-15-7-2-1-3-8-15)17-10-6-12-20-18(17)13-16-9-4-5-11-19(16)22-20/h1-12,22H,13-14H2. The molecule has 0 radical (unpaired) electrons. The van der Waals surface area contributed by atoms with Gasteiger partial charge < -0.3 is 10.1 Å². The summed E-state index contributed by atoms with van der Waals surface area (Å²) >= 11 is 0. The van der Waals surface area contributed by atoms with Crippen molar-refractivity contribution >= 4 is 17.3 Å². The lowest BCUT2D eigenvalue weighted by Crippen LogP contribution is -2.14. The molecule has 1 N–H and O–H groups in total. The van der Waals surface area contributed by atoms with Gasteiger partial charge in [0.2, 0.25) is 0 Å². The lowest BCUT2D eigenvalue weighted by molar-refractivity contribution is 0.0471. The van der Waals surface area contributed by atoms with Crippen LogP contribution in [0.3, 0.4) is 0 Å². The summed E-state index contributed by atoms with van der Waals surface area (Å²) in [6, 6.07) is 23.6. The lowest BCUT2D eigenvalue weighted by atomic mass is 9.93. The third kappa shape index (κ3) is 2.76. The molecule has 3 nitrogen and oxygen atoms in total. The van der Waals surface area contributed by atoms with E-state index in [-0.39, 0.29) is 12.6 Å². The maximum Gasteiger partial charge on any atom is 0.338 e. The van der Waals surface area contributed by atoms with E-state index < -0.39 is 0 Å². The number of hydrogen-bond donors (Lipinski definition) is 1. The molecule has 3 aromatic carbocycles. The number of carbonyl (C=O) groups is 1. The second kappa shape index (κ2) is 6.20. The topological polar surface area (TPSA) is 38.3 Å². The van der Waals surface area contributed by atoms with E-state index in [1.54, 1.807) is 0 Å². The average molecular weight is 315 g/mol. The van der Waals surface area contributed by atoms with Crippen LogP contribution in [-0.2, 0) is 17.8 Å². The van der Waals surface area contributed by atoms with Crippen LogP contribution in [0.25, 0.3) is 0 Å². The van der Waals surface area contributed by atoms with Gasteiger partial charge >= 0.3 is 5.97 Å². The number of fused-ring (bicyclic) bond motifs is 2. The van der Waals surface area contributed by atoms with Gasteiger partial charge in [-0.05, 0) is 34.9 Å². The second-order valence-corrected chi connectivity index (χ2v) is 5.85. The van der Waals surface area contributed by atoms with Crippen LogP contribution in [0, 0.1) is 0 Å². The Kier molecular flexibility index (Phi) is 3.75. The first-order valence-corrected chi connectivity index (χ1v) is 7.99. The zero-order valence-electron chi connectivity index (χ0n) is 13.2. The van der Waals surface area contributed by atoms with E-state index in [2.05, 4.69) is 17.4 Å². The van der Waals surface area contributed by atoms with Crippen LogP contribution in [0.2, 0.25) is 0 Å². The number of esters is 1. The van der Waals surface area contributed by atoms with Gasteiger partial charge in [0.15, 0.2) is 0 Å². The Morgan fingerprint density at radius 2 is 1.62 bits per heavy atom. The van der Waals surface area contributed by atoms with Crippen molar-refractivity contribution in [2.75, 3.05) is 5.32 Å². The summed E-state index contributed by atoms with van der Waals surface area (Å²) in [6.45, 7) is 0.285. The Morgan fingerprint density at radius 3 is 2.50 bits per heavy atom. The molecule has 118 valence electrons. The molecule has 0 spiro atoms. The normalized spacial score (nSPS) is 11.8. The molecule has 3 heteroatoms. The van der Waals surface area contributed by atoms with Crippen LogP contribution < -0.4 is 5.32 Å². The van der Waals surface area contributed by atoms with Crippen molar-refractivity contribution in [3.05, 3.63) is 95.1 Å². The fraction of sp³-hybridized carbons (Fsp3) is 0.0952. The molecule has 0 atom stereocenters. The summed E-state index contributed by atoms with van der Waals surface area (Å²) in [7, 11) is 0. The molecule has 1 heterocycles. The van der Waals surface area contributed by atoms with Gasteiger partial charge in [-0.25, -0.2) is 4.79 Å². The zero-order chi connectivity index (χ0) is 16.4. The molecule has 0 aromatic heterocycles. The van der Waals surface area contributed by atoms with Crippen LogP contribution in [0.5, 0.6) is 0 Å². The number of para-hydroxylation sites is 1. The van der Waals surface area contributed by atoms with E-state index in [9.17, 15) is 4.79 Å². The Balaban J connectivity index is 1.58. The summed E-state index contributed by atoms with van der Waals surface area (Å²) in [5.74, 6) is -0.281.